The Morgan fingerprint density at radius 1 is 0.971 bits per heavy atom. The molecule has 3 aromatic carbocycles. The van der Waals surface area contributed by atoms with E-state index >= 15 is 0 Å². The number of ether oxygens (including phenoxy) is 1. The van der Waals surface area contributed by atoms with E-state index in [0.29, 0.717) is 32.2 Å². The lowest BCUT2D eigenvalue weighted by atomic mass is 9.98. The van der Waals surface area contributed by atoms with Crippen LogP contribution in [0.15, 0.2) is 71.1 Å². The zero-order valence-electron chi connectivity index (χ0n) is 17.8. The normalized spacial score (nSPS) is 15.5. The Balaban J connectivity index is 1.55. The average molecular weight is 533 g/mol. The van der Waals surface area contributed by atoms with Crippen molar-refractivity contribution in [3.8, 4) is 17.0 Å². The zero-order chi connectivity index (χ0) is 23.8. The number of halogens is 4. The predicted molar refractivity (Wildman–Crippen MR) is 138 cm³/mol. The second kappa shape index (κ2) is 9.55. The van der Waals surface area contributed by atoms with E-state index in [1.807, 2.05) is 40.7 Å². The van der Waals surface area contributed by atoms with E-state index in [4.69, 9.17) is 49.6 Å². The summed E-state index contributed by atoms with van der Waals surface area (Å²) in [5.41, 5.74) is 4.03. The first-order valence-electron chi connectivity index (χ1n) is 10.3. The van der Waals surface area contributed by atoms with Gasteiger partial charge in [0.1, 0.15) is 0 Å². The van der Waals surface area contributed by atoms with E-state index in [2.05, 4.69) is 0 Å². The van der Waals surface area contributed by atoms with Gasteiger partial charge >= 0.3 is 0 Å². The number of rotatable bonds is 5. The Bertz CT molecular complexity index is 1390. The minimum Gasteiger partial charge on any atom is -0.494 e. The van der Waals surface area contributed by atoms with Crippen molar-refractivity contribution in [3.63, 3.8) is 0 Å². The molecule has 0 N–H and O–H groups in total. The summed E-state index contributed by atoms with van der Waals surface area (Å²) in [5.74, 6) is -0.259. The highest BCUT2D eigenvalue weighted by molar-refractivity contribution is 7.14. The largest absolute Gasteiger partial charge is 0.494 e. The molecule has 4 nitrogen and oxygen atoms in total. The van der Waals surface area contributed by atoms with Gasteiger partial charge in [-0.25, -0.2) is 14.4 Å². The zero-order valence-corrected chi connectivity index (χ0v) is 20.9. The van der Waals surface area contributed by atoms with Gasteiger partial charge in [-0.1, -0.05) is 53.0 Å². The van der Waals surface area contributed by atoms with E-state index in [0.717, 1.165) is 22.5 Å². The third-order valence-electron chi connectivity index (χ3n) is 5.54. The maximum Gasteiger partial charge on any atom is 0.207 e. The van der Waals surface area contributed by atoms with Crippen molar-refractivity contribution in [1.82, 2.24) is 4.98 Å². The second-order valence-corrected chi connectivity index (χ2v) is 9.77. The van der Waals surface area contributed by atoms with Crippen LogP contribution in [0.4, 0.5) is 9.52 Å². The van der Waals surface area contributed by atoms with Gasteiger partial charge in [-0.15, -0.1) is 11.3 Å². The summed E-state index contributed by atoms with van der Waals surface area (Å²) in [4.78, 5) is 4.82. The van der Waals surface area contributed by atoms with Gasteiger partial charge < -0.3 is 4.74 Å². The van der Waals surface area contributed by atoms with Crippen LogP contribution in [-0.2, 0) is 0 Å². The summed E-state index contributed by atoms with van der Waals surface area (Å²) in [6.07, 6.45) is 0.517. The first-order chi connectivity index (χ1) is 16.4. The summed E-state index contributed by atoms with van der Waals surface area (Å²) in [6.45, 7) is 0. The molecule has 0 bridgehead atoms. The molecule has 5 rings (SSSR count). The van der Waals surface area contributed by atoms with Crippen molar-refractivity contribution in [3.05, 3.63) is 98.1 Å². The fourth-order valence-electron chi connectivity index (χ4n) is 3.84. The molecule has 0 unspecified atom stereocenters. The molecule has 0 aliphatic carbocycles. The minimum absolute atomic E-state index is 0.184. The summed E-state index contributed by atoms with van der Waals surface area (Å²) < 4.78 is 19.5. The van der Waals surface area contributed by atoms with Gasteiger partial charge in [0.15, 0.2) is 11.6 Å². The Labute approximate surface area is 215 Å². The van der Waals surface area contributed by atoms with Crippen molar-refractivity contribution in [2.75, 3.05) is 12.1 Å². The molecule has 4 aromatic rings. The maximum absolute atomic E-state index is 14.4. The lowest BCUT2D eigenvalue weighted by molar-refractivity contribution is 0.386. The molecule has 0 fully saturated rings. The fraction of sp³-hybridized carbons (Fsp3) is 0.120. The lowest BCUT2D eigenvalue weighted by Gasteiger charge is -2.22. The summed E-state index contributed by atoms with van der Waals surface area (Å²) in [5, 5.41) is 11.1. The monoisotopic (exact) mass is 531 g/mol. The van der Waals surface area contributed by atoms with Crippen LogP contribution in [0, 0.1) is 5.82 Å². The van der Waals surface area contributed by atoms with Gasteiger partial charge in [0, 0.05) is 38.0 Å². The summed E-state index contributed by atoms with van der Waals surface area (Å²) in [7, 11) is 1.44. The Morgan fingerprint density at radius 3 is 2.41 bits per heavy atom. The third kappa shape index (κ3) is 4.51. The van der Waals surface area contributed by atoms with Gasteiger partial charge in [-0.2, -0.15) is 5.10 Å². The third-order valence-corrected chi connectivity index (χ3v) is 7.19. The molecule has 2 heterocycles. The Hall–Kier alpha value is -2.64. The molecule has 1 aliphatic rings. The predicted octanol–water partition coefficient (Wildman–Crippen LogP) is 8.27. The van der Waals surface area contributed by atoms with Gasteiger partial charge in [-0.05, 0) is 48.0 Å². The van der Waals surface area contributed by atoms with Gasteiger partial charge in [0.2, 0.25) is 5.13 Å². The molecule has 9 heteroatoms. The first kappa shape index (κ1) is 23.1. The van der Waals surface area contributed by atoms with Crippen molar-refractivity contribution >= 4 is 57.0 Å². The van der Waals surface area contributed by atoms with Crippen molar-refractivity contribution in [2.24, 2.45) is 5.10 Å². The number of benzene rings is 3. The van der Waals surface area contributed by atoms with Crippen LogP contribution < -0.4 is 9.75 Å². The standard InChI is InChI=1S/C25H17Cl3FN3OS/c1-33-24-9-4-15(10-20(24)29)21-12-23(18-8-7-17(27)11-19(18)28)32(31-21)25-30-22(13-34-25)14-2-5-16(26)6-3-14/h2-11,13,23H,12H2,1H3/t23-/m1/s1. The molecular formula is C25H17Cl3FN3OS. The number of hydrogen-bond donors (Lipinski definition) is 0. The van der Waals surface area contributed by atoms with Crippen molar-refractivity contribution < 1.29 is 9.13 Å². The minimum atomic E-state index is -0.443. The van der Waals surface area contributed by atoms with Gasteiger partial charge in [0.25, 0.3) is 0 Å². The number of nitrogens with zero attached hydrogens (tertiary/aromatic N) is 3. The number of thiazole rings is 1. The molecule has 0 amide bonds. The SMILES string of the molecule is COc1ccc(C2=NN(c3nc(-c4ccc(Cl)cc4)cs3)[C@@H](c3ccc(Cl)cc3Cl)C2)cc1F. The van der Waals surface area contributed by atoms with Crippen LogP contribution in [-0.4, -0.2) is 17.8 Å². The summed E-state index contributed by atoms with van der Waals surface area (Å²) >= 11 is 20.2. The molecule has 172 valence electrons. The number of methoxy groups -OCH3 is 1. The second-order valence-electron chi connectivity index (χ2n) is 7.65. The highest BCUT2D eigenvalue weighted by Gasteiger charge is 2.33. The van der Waals surface area contributed by atoms with Crippen LogP contribution >= 0.6 is 46.1 Å². The molecular weight excluding hydrogens is 516 g/mol. The van der Waals surface area contributed by atoms with Gasteiger partial charge in [0.05, 0.1) is 24.6 Å². The maximum atomic E-state index is 14.4. The van der Waals surface area contributed by atoms with Crippen molar-refractivity contribution in [1.29, 1.82) is 0 Å². The van der Waals surface area contributed by atoms with Crippen LogP contribution in [0.2, 0.25) is 15.1 Å². The number of hydrogen-bond acceptors (Lipinski definition) is 5. The number of aromatic nitrogens is 1. The quantitative estimate of drug-likeness (QED) is 0.259. The molecule has 1 aromatic heterocycles. The van der Waals surface area contributed by atoms with E-state index in [1.54, 1.807) is 24.3 Å². The molecule has 0 spiro atoms. The van der Waals surface area contributed by atoms with E-state index < -0.39 is 5.82 Å². The fourth-order valence-corrected chi connectivity index (χ4v) is 5.34. The molecule has 1 atom stereocenters. The molecule has 0 saturated heterocycles. The van der Waals surface area contributed by atoms with E-state index in [1.165, 1.54) is 24.5 Å². The smallest absolute Gasteiger partial charge is 0.207 e. The molecule has 1 aliphatic heterocycles. The van der Waals surface area contributed by atoms with Crippen LogP contribution in [0.5, 0.6) is 5.75 Å². The van der Waals surface area contributed by atoms with E-state index in [9.17, 15) is 4.39 Å². The van der Waals surface area contributed by atoms with Crippen LogP contribution in [0.1, 0.15) is 23.6 Å². The highest BCUT2D eigenvalue weighted by Crippen LogP contribution is 2.42. The van der Waals surface area contributed by atoms with E-state index in [-0.39, 0.29) is 11.8 Å². The lowest BCUT2D eigenvalue weighted by Crippen LogP contribution is -2.18. The van der Waals surface area contributed by atoms with Crippen LogP contribution in [0.25, 0.3) is 11.3 Å². The summed E-state index contributed by atoms with van der Waals surface area (Å²) in [6, 6.07) is 17.5. The first-order valence-corrected chi connectivity index (χ1v) is 12.3. The number of hydrazone groups is 1. The van der Waals surface area contributed by atoms with Crippen LogP contribution in [0.3, 0.4) is 0 Å². The number of anilines is 1. The topological polar surface area (TPSA) is 37.7 Å². The Morgan fingerprint density at radius 2 is 1.71 bits per heavy atom. The van der Waals surface area contributed by atoms with Crippen molar-refractivity contribution in [2.45, 2.75) is 12.5 Å². The molecule has 34 heavy (non-hydrogen) atoms. The molecule has 0 saturated carbocycles. The van der Waals surface area contributed by atoms with Gasteiger partial charge in [-0.3, -0.25) is 0 Å². The highest BCUT2D eigenvalue weighted by atomic mass is 35.5. The molecule has 0 radical (unpaired) electrons. The Kier molecular flexibility index (Phi) is 6.49. The average Bonchev–Trinajstić information content (AvgIpc) is 3.47.